The molecule has 0 unspecified atom stereocenters. The van der Waals surface area contributed by atoms with Crippen molar-refractivity contribution >= 4 is 44.8 Å². The van der Waals surface area contributed by atoms with Crippen LogP contribution in [-0.4, -0.2) is 5.78 Å². The van der Waals surface area contributed by atoms with Crippen molar-refractivity contribution in [2.24, 2.45) is 0 Å². The quantitative estimate of drug-likeness (QED) is 0.160. The van der Waals surface area contributed by atoms with Crippen LogP contribution in [-0.2, 0) is 10.8 Å². The van der Waals surface area contributed by atoms with Crippen LogP contribution in [0, 0.1) is 0 Å². The van der Waals surface area contributed by atoms with Crippen molar-refractivity contribution in [3.63, 3.8) is 0 Å². The molecule has 0 spiro atoms. The van der Waals surface area contributed by atoms with E-state index in [4.69, 9.17) is 4.42 Å². The van der Waals surface area contributed by atoms with Crippen LogP contribution in [0.3, 0.4) is 0 Å². The molecule has 2 aliphatic carbocycles. The standard InChI is InChI=1S/C65H45NO2/c1-64(2)57-27-14-12-25-51(57)52-34-31-49(40-59(52)64)66(48-23-10-5-11-24-48)50-32-35-53-56-38-44(30-36-61(56)68-62(53)41-50)42-17-16-18-43(37-42)45-29-33-55-60(39-45)65(46-19-6-3-7-20-46,47-21-8-4-9-22-47)58-28-15-13-26-54(58)63(55)67/h3-41H,1-2H3. The Bertz CT molecular complexity index is 3750. The highest BCUT2D eigenvalue weighted by Gasteiger charge is 2.46. The van der Waals surface area contributed by atoms with Gasteiger partial charge in [-0.25, -0.2) is 0 Å². The van der Waals surface area contributed by atoms with E-state index in [1.165, 1.54) is 22.3 Å². The van der Waals surface area contributed by atoms with Crippen LogP contribution in [0.5, 0.6) is 0 Å². The van der Waals surface area contributed by atoms with Crippen LogP contribution in [0.4, 0.5) is 17.1 Å². The maximum atomic E-state index is 14.4. The molecule has 68 heavy (non-hydrogen) atoms. The number of carbonyl (C=O) groups excluding carboxylic acids is 1. The second-order valence-corrected chi connectivity index (χ2v) is 18.8. The Morgan fingerprint density at radius 3 is 1.63 bits per heavy atom. The van der Waals surface area contributed by atoms with Crippen molar-refractivity contribution in [3.8, 4) is 33.4 Å². The average Bonchev–Trinajstić information content (AvgIpc) is 3.87. The minimum atomic E-state index is -0.702. The maximum absolute atomic E-state index is 14.4. The molecule has 1 heterocycles. The predicted octanol–water partition coefficient (Wildman–Crippen LogP) is 16.6. The first-order valence-electron chi connectivity index (χ1n) is 23.4. The molecule has 3 nitrogen and oxygen atoms in total. The summed E-state index contributed by atoms with van der Waals surface area (Å²) in [5.74, 6) is 0.0533. The third-order valence-corrected chi connectivity index (χ3v) is 14.7. The smallest absolute Gasteiger partial charge is 0.193 e. The van der Waals surface area contributed by atoms with E-state index in [9.17, 15) is 4.79 Å². The van der Waals surface area contributed by atoms with Crippen LogP contribution in [0.2, 0.25) is 0 Å². The first kappa shape index (κ1) is 39.8. The van der Waals surface area contributed by atoms with Gasteiger partial charge in [0.1, 0.15) is 11.2 Å². The number of benzene rings is 10. The van der Waals surface area contributed by atoms with Gasteiger partial charge in [-0.1, -0.05) is 184 Å². The normalized spacial score (nSPS) is 14.0. The van der Waals surface area contributed by atoms with Crippen LogP contribution < -0.4 is 4.90 Å². The summed E-state index contributed by atoms with van der Waals surface area (Å²) in [4.78, 5) is 16.7. The van der Waals surface area contributed by atoms with Gasteiger partial charge in [-0.3, -0.25) is 4.79 Å². The summed E-state index contributed by atoms with van der Waals surface area (Å²) in [6, 6.07) is 84.0. The van der Waals surface area contributed by atoms with Gasteiger partial charge in [-0.05, 0) is 127 Å². The number of carbonyl (C=O) groups is 1. The fourth-order valence-electron chi connectivity index (χ4n) is 11.5. The molecule has 0 saturated carbocycles. The largest absolute Gasteiger partial charge is 0.456 e. The Balaban J connectivity index is 0.893. The van der Waals surface area contributed by atoms with Crippen molar-refractivity contribution in [3.05, 3.63) is 281 Å². The van der Waals surface area contributed by atoms with E-state index in [0.717, 1.165) is 94.6 Å². The summed E-state index contributed by atoms with van der Waals surface area (Å²) >= 11 is 0. The number of hydrogen-bond acceptors (Lipinski definition) is 3. The number of para-hydroxylation sites is 1. The Morgan fingerprint density at radius 2 is 0.897 bits per heavy atom. The molecule has 10 aromatic carbocycles. The molecule has 0 radical (unpaired) electrons. The molecule has 0 aliphatic heterocycles. The molecule has 11 aromatic rings. The summed E-state index contributed by atoms with van der Waals surface area (Å²) in [7, 11) is 0. The molecule has 13 rings (SSSR count). The number of rotatable bonds is 7. The van der Waals surface area contributed by atoms with Gasteiger partial charge in [0.25, 0.3) is 0 Å². The molecule has 2 aliphatic rings. The molecule has 322 valence electrons. The minimum absolute atomic E-state index is 0.0533. The van der Waals surface area contributed by atoms with E-state index in [2.05, 4.69) is 237 Å². The Morgan fingerprint density at radius 1 is 0.353 bits per heavy atom. The third kappa shape index (κ3) is 5.95. The summed E-state index contributed by atoms with van der Waals surface area (Å²) in [6.45, 7) is 4.66. The van der Waals surface area contributed by atoms with Gasteiger partial charge in [-0.2, -0.15) is 0 Å². The van der Waals surface area contributed by atoms with Crippen LogP contribution in [0.15, 0.2) is 241 Å². The number of ketones is 1. The van der Waals surface area contributed by atoms with Gasteiger partial charge in [0.2, 0.25) is 0 Å². The maximum Gasteiger partial charge on any atom is 0.193 e. The molecular weight excluding hydrogens is 827 g/mol. The summed E-state index contributed by atoms with van der Waals surface area (Å²) in [5, 5.41) is 2.14. The van der Waals surface area contributed by atoms with Gasteiger partial charge < -0.3 is 9.32 Å². The van der Waals surface area contributed by atoms with Crippen molar-refractivity contribution in [2.45, 2.75) is 24.7 Å². The Kier molecular flexibility index (Phi) is 8.94. The monoisotopic (exact) mass is 871 g/mol. The topological polar surface area (TPSA) is 33.5 Å². The highest BCUT2D eigenvalue weighted by atomic mass is 16.3. The summed E-state index contributed by atoms with van der Waals surface area (Å²) in [6.07, 6.45) is 0. The van der Waals surface area contributed by atoms with Crippen LogP contribution in [0.1, 0.15) is 63.1 Å². The Hall–Kier alpha value is -8.53. The van der Waals surface area contributed by atoms with Crippen LogP contribution >= 0.6 is 0 Å². The highest BCUT2D eigenvalue weighted by molar-refractivity contribution is 6.14. The second kappa shape index (κ2) is 15.3. The number of anilines is 3. The lowest BCUT2D eigenvalue weighted by molar-refractivity contribution is 0.103. The average molecular weight is 872 g/mol. The number of nitrogens with zero attached hydrogens (tertiary/aromatic N) is 1. The van der Waals surface area contributed by atoms with Gasteiger partial charge in [0.15, 0.2) is 5.78 Å². The predicted molar refractivity (Wildman–Crippen MR) is 279 cm³/mol. The molecule has 0 bridgehead atoms. The van der Waals surface area contributed by atoms with E-state index in [-0.39, 0.29) is 11.2 Å². The van der Waals surface area contributed by atoms with Gasteiger partial charge in [-0.15, -0.1) is 0 Å². The lowest BCUT2D eigenvalue weighted by atomic mass is 9.59. The molecule has 3 heteroatoms. The molecule has 0 saturated heterocycles. The molecule has 0 amide bonds. The zero-order chi connectivity index (χ0) is 45.6. The van der Waals surface area contributed by atoms with Crippen molar-refractivity contribution in [1.82, 2.24) is 0 Å². The fraction of sp³-hybridized carbons (Fsp3) is 0.0615. The lowest BCUT2D eigenvalue weighted by Crippen LogP contribution is -2.38. The SMILES string of the molecule is CC1(C)c2ccccc2-c2ccc(N(c3ccccc3)c3ccc4c(c3)oc3ccc(-c5cccc(-c6ccc7c(c6)C(c6ccccc6)(c6ccccc6)c6ccccc6C7=O)c5)cc34)cc21. The molecule has 0 atom stereocenters. The van der Waals surface area contributed by atoms with E-state index < -0.39 is 5.41 Å². The van der Waals surface area contributed by atoms with E-state index in [0.29, 0.717) is 0 Å². The number of furan rings is 1. The molecular formula is C65H45NO2. The third-order valence-electron chi connectivity index (χ3n) is 14.7. The zero-order valence-electron chi connectivity index (χ0n) is 37.8. The van der Waals surface area contributed by atoms with E-state index in [1.807, 2.05) is 18.2 Å². The van der Waals surface area contributed by atoms with Gasteiger partial charge >= 0.3 is 0 Å². The van der Waals surface area contributed by atoms with Gasteiger partial charge in [0.05, 0.1) is 5.41 Å². The summed E-state index contributed by atoms with van der Waals surface area (Å²) < 4.78 is 6.67. The van der Waals surface area contributed by atoms with Crippen molar-refractivity contribution in [2.75, 3.05) is 4.90 Å². The second-order valence-electron chi connectivity index (χ2n) is 18.8. The summed E-state index contributed by atoms with van der Waals surface area (Å²) in [5.41, 5.74) is 19.4. The van der Waals surface area contributed by atoms with Crippen molar-refractivity contribution in [1.29, 1.82) is 0 Å². The fourth-order valence-corrected chi connectivity index (χ4v) is 11.5. The molecule has 0 N–H and O–H groups in total. The Labute approximate surface area is 396 Å². The van der Waals surface area contributed by atoms with Gasteiger partial charge in [0, 0.05) is 50.4 Å². The first-order valence-corrected chi connectivity index (χ1v) is 23.4. The van der Waals surface area contributed by atoms with E-state index in [1.54, 1.807) is 0 Å². The minimum Gasteiger partial charge on any atom is -0.456 e. The van der Waals surface area contributed by atoms with Crippen LogP contribution in [0.25, 0.3) is 55.3 Å². The van der Waals surface area contributed by atoms with Crippen molar-refractivity contribution < 1.29 is 9.21 Å². The lowest BCUT2D eigenvalue weighted by Gasteiger charge is -2.42. The van der Waals surface area contributed by atoms with E-state index >= 15 is 0 Å². The number of fused-ring (bicyclic) bond motifs is 8. The molecule has 0 fully saturated rings. The molecule has 1 aromatic heterocycles. The zero-order valence-corrected chi connectivity index (χ0v) is 37.8. The first-order chi connectivity index (χ1) is 33.4. The highest BCUT2D eigenvalue weighted by Crippen LogP contribution is 2.53. The number of hydrogen-bond donors (Lipinski definition) is 0.